The molecule has 154 valence electrons. The number of ketones is 1. The monoisotopic (exact) mass is 424 g/mol. The van der Waals surface area contributed by atoms with E-state index in [4.69, 9.17) is 4.74 Å². The predicted molar refractivity (Wildman–Crippen MR) is 112 cm³/mol. The molecule has 4 rings (SSSR count). The Morgan fingerprint density at radius 1 is 1.13 bits per heavy atom. The lowest BCUT2D eigenvalue weighted by molar-refractivity contribution is -0.155. The summed E-state index contributed by atoms with van der Waals surface area (Å²) in [7, 11) is 0. The third kappa shape index (κ3) is 3.27. The molecule has 1 saturated heterocycles. The van der Waals surface area contributed by atoms with Crippen molar-refractivity contribution in [2.24, 2.45) is 0 Å². The molecule has 2 aliphatic heterocycles. The molecule has 30 heavy (non-hydrogen) atoms. The zero-order valence-corrected chi connectivity index (χ0v) is 17.3. The molecule has 0 aromatic heterocycles. The second-order valence-electron chi connectivity index (χ2n) is 7.22. The molecule has 2 aliphatic rings. The Morgan fingerprint density at radius 3 is 2.60 bits per heavy atom. The van der Waals surface area contributed by atoms with Crippen molar-refractivity contribution in [3.63, 3.8) is 0 Å². The molecule has 0 bridgehead atoms. The van der Waals surface area contributed by atoms with Crippen LogP contribution in [0, 0.1) is 0 Å². The fourth-order valence-electron chi connectivity index (χ4n) is 3.71. The van der Waals surface area contributed by atoms with E-state index in [9.17, 15) is 19.2 Å². The number of para-hydroxylation sites is 2. The summed E-state index contributed by atoms with van der Waals surface area (Å²) in [5, 5.41) is 2.65. The van der Waals surface area contributed by atoms with Gasteiger partial charge in [0.15, 0.2) is 16.8 Å². The van der Waals surface area contributed by atoms with Gasteiger partial charge in [0, 0.05) is 23.3 Å². The van der Waals surface area contributed by atoms with Gasteiger partial charge in [0.1, 0.15) is 0 Å². The van der Waals surface area contributed by atoms with Crippen molar-refractivity contribution >= 4 is 46.7 Å². The van der Waals surface area contributed by atoms with Crippen molar-refractivity contribution in [3.05, 3.63) is 54.1 Å². The van der Waals surface area contributed by atoms with Crippen LogP contribution in [0.1, 0.15) is 37.0 Å². The van der Waals surface area contributed by atoms with Crippen LogP contribution in [-0.2, 0) is 19.1 Å². The summed E-state index contributed by atoms with van der Waals surface area (Å²) in [5.41, 5.74) is 1.42. The van der Waals surface area contributed by atoms with Crippen molar-refractivity contribution in [3.8, 4) is 0 Å². The summed E-state index contributed by atoms with van der Waals surface area (Å²) in [6.45, 7) is 2.88. The average molecular weight is 424 g/mol. The number of carbonyl (C=O) groups excluding carboxylic acids is 4. The zero-order valence-electron chi connectivity index (χ0n) is 16.5. The lowest BCUT2D eigenvalue weighted by Crippen LogP contribution is -2.49. The molecule has 7 nitrogen and oxygen atoms in total. The molecule has 2 aromatic carbocycles. The van der Waals surface area contributed by atoms with Crippen LogP contribution in [-0.4, -0.2) is 34.5 Å². The van der Waals surface area contributed by atoms with Gasteiger partial charge in [0.2, 0.25) is 5.91 Å². The highest BCUT2D eigenvalue weighted by Gasteiger charge is 2.58. The second-order valence-corrected chi connectivity index (χ2v) is 8.54. The van der Waals surface area contributed by atoms with Gasteiger partial charge in [-0.1, -0.05) is 36.0 Å². The fraction of sp³-hybridized carbons (Fsp3) is 0.273. The van der Waals surface area contributed by atoms with Crippen LogP contribution in [0.4, 0.5) is 11.4 Å². The van der Waals surface area contributed by atoms with E-state index < -0.39 is 22.9 Å². The van der Waals surface area contributed by atoms with E-state index in [0.717, 1.165) is 4.90 Å². The van der Waals surface area contributed by atoms with Gasteiger partial charge >= 0.3 is 5.97 Å². The molecule has 1 fully saturated rings. The van der Waals surface area contributed by atoms with Crippen LogP contribution in [0.5, 0.6) is 0 Å². The topological polar surface area (TPSA) is 92.8 Å². The van der Waals surface area contributed by atoms with Crippen LogP contribution in [0.25, 0.3) is 0 Å². The van der Waals surface area contributed by atoms with Crippen LogP contribution in [0.2, 0.25) is 0 Å². The molecule has 0 unspecified atom stereocenters. The molecular weight excluding hydrogens is 404 g/mol. The number of ether oxygens (including phenoxy) is 1. The Kier molecular flexibility index (Phi) is 5.11. The number of nitrogens with zero attached hydrogens (tertiary/aromatic N) is 1. The van der Waals surface area contributed by atoms with Crippen molar-refractivity contribution in [1.29, 1.82) is 0 Å². The maximum atomic E-state index is 13.1. The largest absolute Gasteiger partial charge is 0.450 e. The number of carbonyl (C=O) groups is 4. The van der Waals surface area contributed by atoms with Gasteiger partial charge in [-0.25, -0.2) is 4.79 Å². The quantitative estimate of drug-likeness (QED) is 0.584. The first kappa shape index (κ1) is 20.2. The first-order chi connectivity index (χ1) is 14.3. The summed E-state index contributed by atoms with van der Waals surface area (Å²) in [4.78, 5) is 51.1. The van der Waals surface area contributed by atoms with E-state index in [1.807, 2.05) is 18.2 Å². The summed E-state index contributed by atoms with van der Waals surface area (Å²) < 4.78 is 5.50. The molecular formula is C22H20N2O5S. The van der Waals surface area contributed by atoms with Gasteiger partial charge in [-0.2, -0.15) is 0 Å². The van der Waals surface area contributed by atoms with Crippen molar-refractivity contribution in [2.45, 2.75) is 42.6 Å². The number of thioether (sulfide) groups is 1. The fourth-order valence-corrected chi connectivity index (χ4v) is 5.11. The maximum Gasteiger partial charge on any atom is 0.344 e. The summed E-state index contributed by atoms with van der Waals surface area (Å²) >= 11 is 1.28. The SMILES string of the molecule is CC(=O)c1ccccc1NC(=O)[C@H](C)OC(=O)[C@]12CCC(=O)N1c1ccccc1S2. The lowest BCUT2D eigenvalue weighted by Gasteiger charge is -2.29. The molecule has 1 N–H and O–H groups in total. The third-order valence-electron chi connectivity index (χ3n) is 5.21. The zero-order chi connectivity index (χ0) is 21.5. The molecule has 0 spiro atoms. The van der Waals surface area contributed by atoms with Gasteiger partial charge in [0.25, 0.3) is 5.91 Å². The second kappa shape index (κ2) is 7.60. The number of rotatable bonds is 5. The summed E-state index contributed by atoms with van der Waals surface area (Å²) in [5.74, 6) is -1.51. The number of fused-ring (bicyclic) bond motifs is 3. The number of hydrogen-bond donors (Lipinski definition) is 1. The first-order valence-electron chi connectivity index (χ1n) is 9.56. The highest BCUT2D eigenvalue weighted by atomic mass is 32.2. The molecule has 0 aliphatic carbocycles. The molecule has 8 heteroatoms. The van der Waals surface area contributed by atoms with E-state index in [0.29, 0.717) is 23.4 Å². The average Bonchev–Trinajstić information content (AvgIpc) is 3.24. The number of hydrogen-bond acceptors (Lipinski definition) is 6. The number of esters is 1. The Balaban J connectivity index is 1.51. The number of Topliss-reactive ketones (excluding diaryl/α,β-unsaturated/α-hetero) is 1. The van der Waals surface area contributed by atoms with Gasteiger partial charge in [-0.3, -0.25) is 19.3 Å². The summed E-state index contributed by atoms with van der Waals surface area (Å²) in [6, 6.07) is 14.0. The maximum absolute atomic E-state index is 13.1. The minimum absolute atomic E-state index is 0.142. The molecule has 0 saturated carbocycles. The van der Waals surface area contributed by atoms with E-state index >= 15 is 0 Å². The smallest absolute Gasteiger partial charge is 0.344 e. The van der Waals surface area contributed by atoms with E-state index in [2.05, 4.69) is 5.32 Å². The predicted octanol–water partition coefficient (Wildman–Crippen LogP) is 3.39. The Bertz CT molecular complexity index is 1070. The van der Waals surface area contributed by atoms with Crippen molar-refractivity contribution < 1.29 is 23.9 Å². The number of nitrogens with one attached hydrogen (secondary N) is 1. The molecule has 2 amide bonds. The molecule has 2 aromatic rings. The third-order valence-corrected chi connectivity index (χ3v) is 6.67. The standard InChI is InChI=1S/C22H20N2O5S/c1-13(25)15-7-3-4-8-16(15)23-20(27)14(2)29-21(28)22-12-11-19(26)24(22)17-9-5-6-10-18(17)30-22/h3-10,14H,11-12H2,1-2H3,(H,23,27)/t14-,22+/m0/s1. The number of amides is 2. The Morgan fingerprint density at radius 2 is 1.83 bits per heavy atom. The van der Waals surface area contributed by atoms with Crippen LogP contribution < -0.4 is 10.2 Å². The van der Waals surface area contributed by atoms with Gasteiger partial charge in [-0.15, -0.1) is 0 Å². The molecule has 2 heterocycles. The van der Waals surface area contributed by atoms with Crippen molar-refractivity contribution in [1.82, 2.24) is 0 Å². The summed E-state index contributed by atoms with van der Waals surface area (Å²) in [6.07, 6.45) is -0.553. The van der Waals surface area contributed by atoms with Crippen LogP contribution in [0.3, 0.4) is 0 Å². The lowest BCUT2D eigenvalue weighted by atomic mass is 10.1. The Hall–Kier alpha value is -3.13. The van der Waals surface area contributed by atoms with E-state index in [1.165, 1.54) is 30.5 Å². The van der Waals surface area contributed by atoms with Gasteiger partial charge in [0.05, 0.1) is 11.4 Å². The number of anilines is 2. The molecule has 0 radical (unpaired) electrons. The minimum Gasteiger partial charge on any atom is -0.450 e. The first-order valence-corrected chi connectivity index (χ1v) is 10.4. The normalized spacial score (nSPS) is 20.3. The van der Waals surface area contributed by atoms with Gasteiger partial charge < -0.3 is 10.1 Å². The Labute approximate surface area is 177 Å². The van der Waals surface area contributed by atoms with Crippen LogP contribution >= 0.6 is 11.8 Å². The minimum atomic E-state index is -1.19. The van der Waals surface area contributed by atoms with Crippen LogP contribution in [0.15, 0.2) is 53.4 Å². The highest BCUT2D eigenvalue weighted by Crippen LogP contribution is 2.56. The molecule has 2 atom stereocenters. The van der Waals surface area contributed by atoms with E-state index in [1.54, 1.807) is 30.3 Å². The van der Waals surface area contributed by atoms with Gasteiger partial charge in [-0.05, 0) is 38.1 Å². The van der Waals surface area contributed by atoms with Crippen molar-refractivity contribution in [2.75, 3.05) is 10.2 Å². The highest BCUT2D eigenvalue weighted by molar-refractivity contribution is 8.02. The number of benzene rings is 2. The van der Waals surface area contributed by atoms with E-state index in [-0.39, 0.29) is 18.1 Å².